The number of carboxylic acid groups (broad SMARTS) is 1. The quantitative estimate of drug-likeness (QED) is 0.638. The molecular weight excluding hydrogens is 372 g/mol. The van der Waals surface area contributed by atoms with E-state index < -0.39 is 35.3 Å². The van der Waals surface area contributed by atoms with Gasteiger partial charge >= 0.3 is 5.97 Å². The highest BCUT2D eigenvalue weighted by atomic mass is 35.5. The number of pyridine rings is 1. The summed E-state index contributed by atoms with van der Waals surface area (Å²) in [7, 11) is 1.47. The van der Waals surface area contributed by atoms with E-state index in [9.17, 15) is 19.5 Å². The second-order valence-corrected chi connectivity index (χ2v) is 6.28. The number of aromatic hydroxyl groups is 1. The summed E-state index contributed by atoms with van der Waals surface area (Å²) in [5, 5.41) is 22.0. The van der Waals surface area contributed by atoms with E-state index in [-0.39, 0.29) is 5.39 Å². The first-order chi connectivity index (χ1) is 12.8. The average Bonchev–Trinajstić information content (AvgIpc) is 2.64. The fourth-order valence-electron chi connectivity index (χ4n) is 2.83. The van der Waals surface area contributed by atoms with E-state index in [0.717, 1.165) is 11.1 Å². The maximum absolute atomic E-state index is 12.6. The number of carboxylic acids is 1. The number of carbonyl (C=O) groups excluding carboxylic acids is 1. The van der Waals surface area contributed by atoms with Gasteiger partial charge in [-0.1, -0.05) is 35.9 Å². The molecular formula is C19H15ClN2O5. The number of hydrogen-bond acceptors (Lipinski definition) is 4. The fraction of sp³-hybridized carbons (Fsp3) is 0.105. The van der Waals surface area contributed by atoms with Crippen molar-refractivity contribution in [2.75, 3.05) is 6.54 Å². The maximum atomic E-state index is 12.6. The third-order valence-electron chi connectivity index (χ3n) is 4.18. The zero-order valence-electron chi connectivity index (χ0n) is 14.2. The van der Waals surface area contributed by atoms with Crippen molar-refractivity contribution in [3.8, 4) is 16.9 Å². The maximum Gasteiger partial charge on any atom is 0.322 e. The summed E-state index contributed by atoms with van der Waals surface area (Å²) in [4.78, 5) is 35.3. The summed E-state index contributed by atoms with van der Waals surface area (Å²) in [5.41, 5.74) is 0.669. The highest BCUT2D eigenvalue weighted by molar-refractivity contribution is 6.33. The Balaban J connectivity index is 2.18. The number of nitrogens with one attached hydrogen (secondary N) is 1. The van der Waals surface area contributed by atoms with E-state index in [1.807, 2.05) is 12.1 Å². The predicted octanol–water partition coefficient (Wildman–Crippen LogP) is 2.38. The highest BCUT2D eigenvalue weighted by Gasteiger charge is 2.22. The molecule has 0 saturated heterocycles. The topological polar surface area (TPSA) is 109 Å². The molecule has 2 aromatic carbocycles. The molecule has 1 aromatic heterocycles. The van der Waals surface area contributed by atoms with Gasteiger partial charge in [0.1, 0.15) is 17.9 Å². The molecule has 0 aliphatic rings. The number of rotatable bonds is 4. The lowest BCUT2D eigenvalue weighted by molar-refractivity contribution is -0.135. The molecule has 1 amide bonds. The van der Waals surface area contributed by atoms with Crippen molar-refractivity contribution in [3.05, 3.63) is 63.4 Å². The first-order valence-corrected chi connectivity index (χ1v) is 8.29. The first kappa shape index (κ1) is 18.5. The Morgan fingerprint density at radius 1 is 1.19 bits per heavy atom. The Labute approximate surface area is 158 Å². The minimum Gasteiger partial charge on any atom is -0.506 e. The standard InChI is InChI=1S/C19H15ClN2O5/c1-22-14-8-10(11-4-2-3-5-13(11)20)6-7-12(14)17(25)16(19(22)27)18(26)21-9-15(23)24/h2-8,25H,9H2,1H3,(H,21,26)(H,23,24). The van der Waals surface area contributed by atoms with Crippen LogP contribution in [0.15, 0.2) is 47.3 Å². The van der Waals surface area contributed by atoms with Crippen LogP contribution in [0.2, 0.25) is 5.02 Å². The van der Waals surface area contributed by atoms with Crippen LogP contribution in [0.25, 0.3) is 22.0 Å². The Kier molecular flexibility index (Phi) is 4.87. The molecule has 3 aromatic rings. The minimum atomic E-state index is -1.26. The van der Waals surface area contributed by atoms with Crippen LogP contribution in [0.4, 0.5) is 0 Å². The molecule has 0 aliphatic heterocycles. The highest BCUT2D eigenvalue weighted by Crippen LogP contribution is 2.33. The van der Waals surface area contributed by atoms with Crippen molar-refractivity contribution in [1.29, 1.82) is 0 Å². The molecule has 0 fully saturated rings. The van der Waals surface area contributed by atoms with E-state index in [0.29, 0.717) is 10.5 Å². The Morgan fingerprint density at radius 2 is 1.89 bits per heavy atom. The SMILES string of the molecule is Cn1c(=O)c(C(=O)NCC(=O)O)c(O)c2ccc(-c3ccccc3Cl)cc21. The molecule has 0 saturated carbocycles. The Morgan fingerprint density at radius 3 is 2.56 bits per heavy atom. The van der Waals surface area contributed by atoms with Crippen molar-refractivity contribution in [1.82, 2.24) is 9.88 Å². The van der Waals surface area contributed by atoms with Gasteiger partial charge in [0.2, 0.25) is 0 Å². The molecule has 0 bridgehead atoms. The lowest BCUT2D eigenvalue weighted by atomic mass is 10.0. The first-order valence-electron chi connectivity index (χ1n) is 7.92. The number of benzene rings is 2. The van der Waals surface area contributed by atoms with E-state index in [1.165, 1.54) is 11.6 Å². The van der Waals surface area contributed by atoms with Crippen LogP contribution in [-0.2, 0) is 11.8 Å². The van der Waals surface area contributed by atoms with Crippen LogP contribution in [0.3, 0.4) is 0 Å². The predicted molar refractivity (Wildman–Crippen MR) is 101 cm³/mol. The van der Waals surface area contributed by atoms with Crippen LogP contribution in [0.5, 0.6) is 5.75 Å². The van der Waals surface area contributed by atoms with Gasteiger partial charge in [-0.25, -0.2) is 0 Å². The Bertz CT molecular complexity index is 1140. The van der Waals surface area contributed by atoms with Crippen LogP contribution in [-0.4, -0.2) is 33.2 Å². The van der Waals surface area contributed by atoms with Crippen molar-refractivity contribution in [2.45, 2.75) is 0 Å². The molecule has 3 N–H and O–H groups in total. The molecule has 7 nitrogen and oxygen atoms in total. The number of nitrogens with zero attached hydrogens (tertiary/aromatic N) is 1. The molecule has 1 heterocycles. The zero-order chi connectivity index (χ0) is 19.7. The molecule has 0 unspecified atom stereocenters. The van der Waals surface area contributed by atoms with Crippen molar-refractivity contribution >= 4 is 34.4 Å². The number of hydrogen-bond donors (Lipinski definition) is 3. The second-order valence-electron chi connectivity index (χ2n) is 5.88. The van der Waals surface area contributed by atoms with Crippen molar-refractivity contribution < 1.29 is 19.8 Å². The van der Waals surface area contributed by atoms with Gasteiger partial charge in [0, 0.05) is 23.0 Å². The fourth-order valence-corrected chi connectivity index (χ4v) is 3.08. The third kappa shape index (κ3) is 3.37. The van der Waals surface area contributed by atoms with Gasteiger partial charge in [-0.05, 0) is 23.8 Å². The Hall–Kier alpha value is -3.32. The van der Waals surface area contributed by atoms with E-state index in [2.05, 4.69) is 5.32 Å². The summed E-state index contributed by atoms with van der Waals surface area (Å²) in [5.74, 6) is -2.71. The molecule has 8 heteroatoms. The van der Waals surface area contributed by atoms with Crippen LogP contribution >= 0.6 is 11.6 Å². The van der Waals surface area contributed by atoms with Gasteiger partial charge in [0.15, 0.2) is 0 Å². The van der Waals surface area contributed by atoms with Gasteiger partial charge < -0.3 is 20.1 Å². The van der Waals surface area contributed by atoms with Gasteiger partial charge in [0.25, 0.3) is 11.5 Å². The van der Waals surface area contributed by atoms with Gasteiger partial charge in [-0.3, -0.25) is 14.4 Å². The molecule has 3 rings (SSSR count). The molecule has 0 spiro atoms. The summed E-state index contributed by atoms with van der Waals surface area (Å²) >= 11 is 6.22. The third-order valence-corrected chi connectivity index (χ3v) is 4.51. The van der Waals surface area contributed by atoms with E-state index >= 15 is 0 Å². The summed E-state index contributed by atoms with van der Waals surface area (Å²) in [6, 6.07) is 12.2. The average molecular weight is 387 g/mol. The lowest BCUT2D eigenvalue weighted by Crippen LogP contribution is -2.35. The van der Waals surface area contributed by atoms with Crippen LogP contribution < -0.4 is 10.9 Å². The number of carbonyl (C=O) groups is 2. The zero-order valence-corrected chi connectivity index (χ0v) is 14.9. The van der Waals surface area contributed by atoms with Crippen LogP contribution in [0.1, 0.15) is 10.4 Å². The smallest absolute Gasteiger partial charge is 0.322 e. The van der Waals surface area contributed by atoms with Gasteiger partial charge in [-0.2, -0.15) is 0 Å². The molecule has 27 heavy (non-hydrogen) atoms. The number of aryl methyl sites for hydroxylation is 1. The molecule has 0 aliphatic carbocycles. The lowest BCUT2D eigenvalue weighted by Gasteiger charge is -2.13. The minimum absolute atomic E-state index is 0.286. The van der Waals surface area contributed by atoms with Crippen LogP contribution in [0, 0.1) is 0 Å². The second kappa shape index (κ2) is 7.13. The molecule has 138 valence electrons. The number of halogens is 1. The normalized spacial score (nSPS) is 10.7. The summed E-state index contributed by atoms with van der Waals surface area (Å²) < 4.78 is 1.23. The summed E-state index contributed by atoms with van der Waals surface area (Å²) in [6.07, 6.45) is 0. The van der Waals surface area contributed by atoms with Gasteiger partial charge in [0.05, 0.1) is 5.52 Å². The molecule has 0 atom stereocenters. The van der Waals surface area contributed by atoms with E-state index in [1.54, 1.807) is 30.3 Å². The van der Waals surface area contributed by atoms with Crippen molar-refractivity contribution in [3.63, 3.8) is 0 Å². The number of fused-ring (bicyclic) bond motifs is 1. The summed E-state index contributed by atoms with van der Waals surface area (Å²) in [6.45, 7) is -0.662. The molecule has 0 radical (unpaired) electrons. The monoisotopic (exact) mass is 386 g/mol. The number of aromatic nitrogens is 1. The van der Waals surface area contributed by atoms with Crippen molar-refractivity contribution in [2.24, 2.45) is 7.05 Å². The van der Waals surface area contributed by atoms with E-state index in [4.69, 9.17) is 16.7 Å². The number of aliphatic carboxylic acids is 1. The van der Waals surface area contributed by atoms with Gasteiger partial charge in [-0.15, -0.1) is 0 Å². The largest absolute Gasteiger partial charge is 0.506 e. The number of amides is 1.